The van der Waals surface area contributed by atoms with E-state index in [1.807, 2.05) is 43.3 Å². The van der Waals surface area contributed by atoms with Gasteiger partial charge in [-0.2, -0.15) is 11.8 Å². The summed E-state index contributed by atoms with van der Waals surface area (Å²) in [5.74, 6) is 1.35. The number of carbonyl (C=O) groups is 3. The monoisotopic (exact) mass is 669 g/mol. The van der Waals surface area contributed by atoms with Crippen molar-refractivity contribution in [3.63, 3.8) is 0 Å². The molecule has 9 nitrogen and oxygen atoms in total. The summed E-state index contributed by atoms with van der Waals surface area (Å²) in [6.07, 6.45) is 1.15. The lowest BCUT2D eigenvalue weighted by Gasteiger charge is -2.27. The maximum absolute atomic E-state index is 13.9. The van der Waals surface area contributed by atoms with Crippen molar-refractivity contribution in [2.45, 2.75) is 42.7 Å². The van der Waals surface area contributed by atoms with Crippen LogP contribution in [-0.2, 0) is 15.3 Å². The van der Waals surface area contributed by atoms with Gasteiger partial charge in [0, 0.05) is 34.6 Å². The number of hydrogen-bond donors (Lipinski definition) is 1. The Hall–Kier alpha value is -4.96. The molecule has 1 N–H and O–H groups in total. The highest BCUT2D eigenvalue weighted by Gasteiger charge is 2.34. The summed E-state index contributed by atoms with van der Waals surface area (Å²) in [5, 5.41) is 2.37. The maximum atomic E-state index is 13.9. The molecule has 1 aliphatic rings. The average Bonchev–Trinajstić information content (AvgIpc) is 3.44. The van der Waals surface area contributed by atoms with Gasteiger partial charge in [-0.05, 0) is 40.8 Å². The largest absolute Gasteiger partial charge is 0.496 e. The van der Waals surface area contributed by atoms with Crippen LogP contribution in [0.4, 0.5) is 4.79 Å². The van der Waals surface area contributed by atoms with Crippen LogP contribution in [0.5, 0.6) is 23.0 Å². The number of rotatable bonds is 15. The molecule has 48 heavy (non-hydrogen) atoms. The summed E-state index contributed by atoms with van der Waals surface area (Å²) < 4.78 is 28.3. The van der Waals surface area contributed by atoms with Crippen molar-refractivity contribution in [1.82, 2.24) is 5.32 Å². The topological polar surface area (TPSA) is 109 Å². The molecule has 1 aliphatic carbocycles. The van der Waals surface area contributed by atoms with Crippen LogP contribution >= 0.6 is 11.8 Å². The highest BCUT2D eigenvalue weighted by atomic mass is 32.2. The number of methoxy groups -OCH3 is 3. The Balaban J connectivity index is 1.39. The minimum atomic E-state index is -1.11. The molecule has 0 saturated heterocycles. The predicted molar refractivity (Wildman–Crippen MR) is 186 cm³/mol. The molecule has 10 heteroatoms. The van der Waals surface area contributed by atoms with Gasteiger partial charge in [0.05, 0.1) is 26.9 Å². The normalized spacial score (nSPS) is 13.0. The van der Waals surface area contributed by atoms with Crippen molar-refractivity contribution in [2.75, 3.05) is 27.9 Å². The molecule has 4 aromatic carbocycles. The van der Waals surface area contributed by atoms with Crippen LogP contribution in [0.2, 0.25) is 0 Å². The molecule has 0 heterocycles. The lowest BCUT2D eigenvalue weighted by atomic mass is 9.98. The van der Waals surface area contributed by atoms with Crippen LogP contribution in [0, 0.1) is 0 Å². The van der Waals surface area contributed by atoms with Crippen LogP contribution in [0.15, 0.2) is 84.9 Å². The SMILES string of the molecule is CCCC(SCc1c(OC)cc(OC)cc1OC)[C@@H](NC(=O)OCC1c2ccccc2-c2ccccc21)C(=O)Oc1ccccc1C=O. The van der Waals surface area contributed by atoms with Crippen molar-refractivity contribution in [2.24, 2.45) is 0 Å². The van der Waals surface area contributed by atoms with E-state index in [-0.39, 0.29) is 23.8 Å². The summed E-state index contributed by atoms with van der Waals surface area (Å²) in [6.45, 7) is 2.08. The Morgan fingerprint density at radius 2 is 1.44 bits per heavy atom. The van der Waals surface area contributed by atoms with E-state index < -0.39 is 23.4 Å². The number of ether oxygens (including phenoxy) is 5. The molecule has 5 rings (SSSR count). The summed E-state index contributed by atoms with van der Waals surface area (Å²) in [5.41, 5.74) is 5.37. The Morgan fingerprint density at radius 1 is 0.833 bits per heavy atom. The zero-order valence-corrected chi connectivity index (χ0v) is 28.2. The van der Waals surface area contributed by atoms with Gasteiger partial charge in [-0.1, -0.05) is 74.0 Å². The molecule has 1 amide bonds. The lowest BCUT2D eigenvalue weighted by molar-refractivity contribution is -0.136. The first-order valence-corrected chi connectivity index (χ1v) is 16.7. The third-order valence-corrected chi connectivity index (χ3v) is 9.72. The second-order valence-corrected chi connectivity index (χ2v) is 12.4. The average molecular weight is 670 g/mol. The van der Waals surface area contributed by atoms with Gasteiger partial charge in [-0.25, -0.2) is 9.59 Å². The van der Waals surface area contributed by atoms with Crippen molar-refractivity contribution in [3.05, 3.63) is 107 Å². The molecule has 0 bridgehead atoms. The summed E-state index contributed by atoms with van der Waals surface area (Å²) in [7, 11) is 4.69. The molecule has 0 aromatic heterocycles. The molecule has 0 aliphatic heterocycles. The second-order valence-electron chi connectivity index (χ2n) is 11.2. The van der Waals surface area contributed by atoms with Crippen molar-refractivity contribution in [1.29, 1.82) is 0 Å². The van der Waals surface area contributed by atoms with Gasteiger partial charge in [0.25, 0.3) is 0 Å². The molecule has 4 aromatic rings. The number of para-hydroxylation sites is 1. The van der Waals surface area contributed by atoms with E-state index in [2.05, 4.69) is 17.4 Å². The van der Waals surface area contributed by atoms with Crippen LogP contribution in [-0.4, -0.2) is 57.6 Å². The number of nitrogens with one attached hydrogen (secondary N) is 1. The number of thioether (sulfide) groups is 1. The molecule has 0 saturated carbocycles. The zero-order chi connectivity index (χ0) is 34.0. The first-order chi connectivity index (χ1) is 23.4. The Labute approximate surface area is 284 Å². The minimum absolute atomic E-state index is 0.0848. The summed E-state index contributed by atoms with van der Waals surface area (Å²) in [4.78, 5) is 39.1. The maximum Gasteiger partial charge on any atom is 0.407 e. The molecular formula is C38H39NO8S. The van der Waals surface area contributed by atoms with Gasteiger partial charge in [0.1, 0.15) is 35.6 Å². The third-order valence-electron chi connectivity index (χ3n) is 8.33. The Morgan fingerprint density at radius 3 is 2.02 bits per heavy atom. The van der Waals surface area contributed by atoms with E-state index in [4.69, 9.17) is 23.7 Å². The van der Waals surface area contributed by atoms with Gasteiger partial charge < -0.3 is 29.0 Å². The van der Waals surface area contributed by atoms with E-state index in [1.165, 1.54) is 11.8 Å². The molecule has 0 fully saturated rings. The van der Waals surface area contributed by atoms with Gasteiger partial charge in [0.15, 0.2) is 6.29 Å². The molecule has 0 spiro atoms. The minimum Gasteiger partial charge on any atom is -0.496 e. The zero-order valence-electron chi connectivity index (χ0n) is 27.4. The fourth-order valence-corrected chi connectivity index (χ4v) is 7.39. The highest BCUT2D eigenvalue weighted by Crippen LogP contribution is 2.44. The van der Waals surface area contributed by atoms with E-state index in [1.54, 1.807) is 57.7 Å². The number of aldehydes is 1. The van der Waals surface area contributed by atoms with Crippen LogP contribution in [0.1, 0.15) is 52.7 Å². The molecule has 0 radical (unpaired) electrons. The van der Waals surface area contributed by atoms with Gasteiger partial charge in [-0.15, -0.1) is 0 Å². The van der Waals surface area contributed by atoms with E-state index in [0.717, 1.165) is 34.2 Å². The van der Waals surface area contributed by atoms with Crippen LogP contribution < -0.4 is 24.3 Å². The molecule has 1 unspecified atom stereocenters. The Bertz CT molecular complexity index is 1690. The highest BCUT2D eigenvalue weighted by molar-refractivity contribution is 7.99. The smallest absolute Gasteiger partial charge is 0.407 e. The quantitative estimate of drug-likeness (QED) is 0.0785. The van der Waals surface area contributed by atoms with Crippen molar-refractivity contribution in [3.8, 4) is 34.1 Å². The first-order valence-electron chi connectivity index (χ1n) is 15.7. The number of hydrogen-bond acceptors (Lipinski definition) is 9. The number of amides is 1. The number of carbonyl (C=O) groups excluding carboxylic acids is 3. The lowest BCUT2D eigenvalue weighted by Crippen LogP contribution is -2.49. The third kappa shape index (κ3) is 7.60. The second kappa shape index (κ2) is 16.2. The Kier molecular flexibility index (Phi) is 11.6. The standard InChI is InChI=1S/C38H39NO8S/c1-5-12-35(48-23-31-33(44-3)19-25(43-2)20-34(31)45-4)36(37(41)47-32-18-11-6-13-24(32)21-40)39-38(42)46-22-30-28-16-9-7-14-26(28)27-15-8-10-17-29(27)30/h6-11,13-21,30,35-36H,5,12,22-23H2,1-4H3,(H,39,42)/t35?,36-/m1/s1. The predicted octanol–water partition coefficient (Wildman–Crippen LogP) is 7.44. The van der Waals surface area contributed by atoms with E-state index in [9.17, 15) is 14.4 Å². The van der Waals surface area contributed by atoms with E-state index >= 15 is 0 Å². The van der Waals surface area contributed by atoms with E-state index in [0.29, 0.717) is 35.7 Å². The van der Waals surface area contributed by atoms with Crippen molar-refractivity contribution >= 4 is 30.1 Å². The fourth-order valence-electron chi connectivity index (χ4n) is 5.95. The first kappa shape index (κ1) is 34.4. The summed E-state index contributed by atoms with van der Waals surface area (Å²) >= 11 is 1.45. The van der Waals surface area contributed by atoms with Gasteiger partial charge in [-0.3, -0.25) is 4.79 Å². The molecule has 250 valence electrons. The number of benzene rings is 4. The molecule has 2 atom stereocenters. The van der Waals surface area contributed by atoms with Crippen LogP contribution in [0.25, 0.3) is 11.1 Å². The number of alkyl carbamates (subject to hydrolysis) is 1. The van der Waals surface area contributed by atoms with Crippen LogP contribution in [0.3, 0.4) is 0 Å². The fraction of sp³-hybridized carbons (Fsp3) is 0.289. The summed E-state index contributed by atoms with van der Waals surface area (Å²) in [6, 6.07) is 25.0. The van der Waals surface area contributed by atoms with Gasteiger partial charge in [0.2, 0.25) is 0 Å². The van der Waals surface area contributed by atoms with Gasteiger partial charge >= 0.3 is 12.1 Å². The number of fused-ring (bicyclic) bond motifs is 3. The molecular weight excluding hydrogens is 630 g/mol. The number of esters is 1. The van der Waals surface area contributed by atoms with Crippen molar-refractivity contribution < 1.29 is 38.1 Å².